The van der Waals surface area contributed by atoms with Crippen LogP contribution in [0.1, 0.15) is 6.92 Å². The van der Waals surface area contributed by atoms with Crippen LogP contribution in [-0.2, 0) is 14.4 Å². The van der Waals surface area contributed by atoms with Gasteiger partial charge in [-0.1, -0.05) is 6.58 Å². The maximum Gasteiger partial charge on any atom is 0.262 e. The van der Waals surface area contributed by atoms with Gasteiger partial charge in [0.1, 0.15) is 0 Å². The van der Waals surface area contributed by atoms with Crippen molar-refractivity contribution in [3.05, 3.63) is 23.8 Å². The zero-order valence-corrected chi connectivity index (χ0v) is 6.51. The molecule has 0 aliphatic carbocycles. The highest BCUT2D eigenvalue weighted by atomic mass is 16.2. The zero-order valence-electron chi connectivity index (χ0n) is 6.51. The first-order valence-corrected chi connectivity index (χ1v) is 3.29. The van der Waals surface area contributed by atoms with E-state index in [1.54, 1.807) is 0 Å². The molecule has 0 saturated heterocycles. The Hall–Kier alpha value is -1.71. The lowest BCUT2D eigenvalue weighted by Crippen LogP contribution is -2.24. The third kappa shape index (κ3) is 1.32. The molecule has 0 unspecified atom stereocenters. The highest BCUT2D eigenvalue weighted by Gasteiger charge is 2.26. The van der Waals surface area contributed by atoms with Crippen molar-refractivity contribution in [3.63, 3.8) is 0 Å². The van der Waals surface area contributed by atoms with Crippen LogP contribution in [0.15, 0.2) is 23.8 Å². The predicted octanol–water partition coefficient (Wildman–Crippen LogP) is -0.286. The van der Waals surface area contributed by atoms with Gasteiger partial charge in [-0.15, -0.1) is 0 Å². The normalized spacial score (nSPS) is 15.6. The van der Waals surface area contributed by atoms with E-state index in [1.165, 1.54) is 6.92 Å². The number of carbonyl (C=O) groups excluding carboxylic acids is 3. The van der Waals surface area contributed by atoms with E-state index in [1.807, 2.05) is 5.32 Å². The Kier molecular flexibility index (Phi) is 1.91. The lowest BCUT2D eigenvalue weighted by Gasteiger charge is -1.95. The minimum Gasteiger partial charge on any atom is -0.289 e. The molecule has 1 N–H and O–H groups in total. The number of carbonyl (C=O) groups is 3. The van der Waals surface area contributed by atoms with Crippen LogP contribution >= 0.6 is 0 Å². The van der Waals surface area contributed by atoms with Crippen molar-refractivity contribution < 1.29 is 14.4 Å². The molecule has 0 spiro atoms. The molecule has 1 aliphatic rings. The Morgan fingerprint density at radius 1 is 1.50 bits per heavy atom. The van der Waals surface area contributed by atoms with Gasteiger partial charge in [-0.25, -0.2) is 0 Å². The van der Waals surface area contributed by atoms with Crippen LogP contribution in [0.3, 0.4) is 0 Å². The van der Waals surface area contributed by atoms with Crippen LogP contribution in [0, 0.1) is 0 Å². The average molecular weight is 165 g/mol. The Bertz CT molecular complexity index is 325. The minimum atomic E-state index is -0.645. The monoisotopic (exact) mass is 165 g/mol. The van der Waals surface area contributed by atoms with Gasteiger partial charge in [0.05, 0.1) is 5.57 Å². The molecule has 1 heterocycles. The fraction of sp³-hybridized carbons (Fsp3) is 0.125. The van der Waals surface area contributed by atoms with Crippen molar-refractivity contribution in [2.45, 2.75) is 6.92 Å². The summed E-state index contributed by atoms with van der Waals surface area (Å²) in [6.07, 6.45) is 0.985. The van der Waals surface area contributed by atoms with Gasteiger partial charge < -0.3 is 0 Å². The summed E-state index contributed by atoms with van der Waals surface area (Å²) in [6.45, 7) is 4.86. The second-order valence-corrected chi connectivity index (χ2v) is 2.49. The third-order valence-corrected chi connectivity index (χ3v) is 1.39. The molecule has 0 saturated carbocycles. The van der Waals surface area contributed by atoms with Gasteiger partial charge in [0, 0.05) is 6.08 Å². The first-order valence-electron chi connectivity index (χ1n) is 3.29. The topological polar surface area (TPSA) is 63.2 Å². The minimum absolute atomic E-state index is 0.132. The van der Waals surface area contributed by atoms with Crippen molar-refractivity contribution in [1.29, 1.82) is 0 Å². The summed E-state index contributed by atoms with van der Waals surface area (Å²) in [4.78, 5) is 32.6. The fourth-order valence-electron chi connectivity index (χ4n) is 0.811. The molecule has 0 radical (unpaired) electrons. The van der Waals surface area contributed by atoms with Gasteiger partial charge in [-0.2, -0.15) is 0 Å². The van der Waals surface area contributed by atoms with Crippen LogP contribution in [0.4, 0.5) is 0 Å². The molecule has 0 aromatic carbocycles. The maximum atomic E-state index is 11.1. The molecule has 0 bridgehead atoms. The Morgan fingerprint density at radius 2 is 2.08 bits per heavy atom. The van der Waals surface area contributed by atoms with E-state index >= 15 is 0 Å². The van der Waals surface area contributed by atoms with Crippen molar-refractivity contribution in [3.8, 4) is 0 Å². The quantitative estimate of drug-likeness (QED) is 0.347. The number of hydrogen-bond donors (Lipinski definition) is 1. The van der Waals surface area contributed by atoms with Crippen LogP contribution in [-0.4, -0.2) is 17.6 Å². The van der Waals surface area contributed by atoms with Gasteiger partial charge in [0.25, 0.3) is 11.8 Å². The molecule has 1 aliphatic heterocycles. The Balaban J connectivity index is 2.97. The van der Waals surface area contributed by atoms with Crippen LogP contribution in [0.5, 0.6) is 0 Å². The van der Waals surface area contributed by atoms with Crippen molar-refractivity contribution >= 4 is 17.6 Å². The lowest BCUT2D eigenvalue weighted by atomic mass is 10.1. The smallest absolute Gasteiger partial charge is 0.262 e. The van der Waals surface area contributed by atoms with Crippen molar-refractivity contribution in [1.82, 2.24) is 5.32 Å². The fourth-order valence-corrected chi connectivity index (χ4v) is 0.811. The molecule has 4 nitrogen and oxygen atoms in total. The first kappa shape index (κ1) is 8.39. The first-order chi connectivity index (χ1) is 5.52. The number of ketones is 1. The summed E-state index contributed by atoms with van der Waals surface area (Å²) in [5, 5.41) is 1.97. The Labute approximate surface area is 68.9 Å². The molecule has 1 rings (SSSR count). The van der Waals surface area contributed by atoms with E-state index in [9.17, 15) is 14.4 Å². The van der Waals surface area contributed by atoms with Crippen molar-refractivity contribution in [2.75, 3.05) is 0 Å². The van der Waals surface area contributed by atoms with Gasteiger partial charge in [0.2, 0.25) is 0 Å². The van der Waals surface area contributed by atoms with E-state index in [-0.39, 0.29) is 11.1 Å². The van der Waals surface area contributed by atoms with Gasteiger partial charge >= 0.3 is 0 Å². The van der Waals surface area contributed by atoms with Crippen LogP contribution in [0.2, 0.25) is 0 Å². The highest BCUT2D eigenvalue weighted by molar-refractivity contribution is 6.33. The number of imide groups is 1. The van der Waals surface area contributed by atoms with E-state index in [0.717, 1.165) is 6.08 Å². The number of hydrogen-bond acceptors (Lipinski definition) is 3. The molecule has 2 amide bonds. The molecule has 0 aromatic heterocycles. The number of rotatable bonds is 2. The second-order valence-electron chi connectivity index (χ2n) is 2.49. The molecular formula is C8H7NO3. The average Bonchev–Trinajstić information content (AvgIpc) is 2.28. The highest BCUT2D eigenvalue weighted by Crippen LogP contribution is 2.08. The number of nitrogens with one attached hydrogen (secondary N) is 1. The number of Topliss-reactive ketones (excluding diaryl/α,β-unsaturated/α-hetero) is 1. The molecule has 62 valence electrons. The summed E-state index contributed by atoms with van der Waals surface area (Å²) in [5.74, 6) is -1.68. The van der Waals surface area contributed by atoms with Gasteiger partial charge in [-0.05, 0) is 12.5 Å². The molecule has 0 fully saturated rings. The summed E-state index contributed by atoms with van der Waals surface area (Å²) in [5.41, 5.74) is 0.110. The van der Waals surface area contributed by atoms with Crippen LogP contribution < -0.4 is 5.32 Å². The summed E-state index contributed by atoms with van der Waals surface area (Å²) in [7, 11) is 0. The predicted molar refractivity (Wildman–Crippen MR) is 41.1 cm³/mol. The largest absolute Gasteiger partial charge is 0.289 e. The summed E-state index contributed by atoms with van der Waals surface area (Å²) < 4.78 is 0. The van der Waals surface area contributed by atoms with Crippen LogP contribution in [0.25, 0.3) is 0 Å². The standard InChI is InChI=1S/C8H7NO3/c1-4(2)7(11)5-3-6(10)9-8(5)12/h3H,1H2,2H3,(H,9,10,12). The van der Waals surface area contributed by atoms with Gasteiger partial charge in [0.15, 0.2) is 5.78 Å². The molecule has 12 heavy (non-hydrogen) atoms. The second kappa shape index (κ2) is 2.73. The molecular weight excluding hydrogens is 158 g/mol. The van der Waals surface area contributed by atoms with Gasteiger partial charge in [-0.3, -0.25) is 19.7 Å². The maximum absolute atomic E-state index is 11.1. The van der Waals surface area contributed by atoms with E-state index in [4.69, 9.17) is 0 Å². The zero-order chi connectivity index (χ0) is 9.30. The number of allylic oxidation sites excluding steroid dienone is 1. The van der Waals surface area contributed by atoms with E-state index < -0.39 is 17.6 Å². The molecule has 0 atom stereocenters. The molecule has 0 aromatic rings. The molecule has 4 heteroatoms. The Morgan fingerprint density at radius 3 is 2.42 bits per heavy atom. The lowest BCUT2D eigenvalue weighted by molar-refractivity contribution is -0.124. The summed E-state index contributed by atoms with van der Waals surface area (Å²) in [6, 6.07) is 0. The van der Waals surface area contributed by atoms with E-state index in [2.05, 4.69) is 6.58 Å². The SMILES string of the molecule is C=C(C)C(=O)C1=CC(=O)NC1=O. The number of amides is 2. The van der Waals surface area contributed by atoms with Crippen molar-refractivity contribution in [2.24, 2.45) is 0 Å². The van der Waals surface area contributed by atoms with E-state index in [0.29, 0.717) is 0 Å². The third-order valence-electron chi connectivity index (χ3n) is 1.39. The summed E-state index contributed by atoms with van der Waals surface area (Å²) >= 11 is 0.